The molecule has 1 nitrogen and oxygen atoms in total. The molecular formula is C14H27N. The molecule has 0 amide bonds. The zero-order chi connectivity index (χ0) is 11.4. The predicted octanol–water partition coefficient (Wildman–Crippen LogP) is 5.11. The van der Waals surface area contributed by atoms with Gasteiger partial charge in [-0.3, -0.25) is 0 Å². The lowest BCUT2D eigenvalue weighted by atomic mass is 10.1. The first-order valence-corrected chi connectivity index (χ1v) is 6.51. The van der Waals surface area contributed by atoms with Crippen molar-refractivity contribution in [2.24, 2.45) is 0 Å². The molecule has 0 radical (unpaired) electrons. The molecule has 0 atom stereocenters. The Morgan fingerprint density at radius 3 is 1.87 bits per heavy atom. The molecule has 1 heteroatoms. The molecule has 0 aromatic heterocycles. The molecule has 0 saturated carbocycles. The monoisotopic (exact) mass is 209 g/mol. The van der Waals surface area contributed by atoms with Gasteiger partial charge in [0.25, 0.3) is 0 Å². The fraction of sp³-hybridized carbons (Fsp3) is 0.786. The normalized spacial score (nSPS) is 10.2. The van der Waals surface area contributed by atoms with Gasteiger partial charge in [0, 0.05) is 5.71 Å². The Morgan fingerprint density at radius 2 is 1.40 bits per heavy atom. The molecule has 15 heavy (non-hydrogen) atoms. The topological polar surface area (TPSA) is 23.9 Å². The number of rotatable bonds is 11. The van der Waals surface area contributed by atoms with Crippen molar-refractivity contribution in [2.45, 2.75) is 71.1 Å². The lowest BCUT2D eigenvalue weighted by molar-refractivity contribution is 0.568. The minimum Gasteiger partial charge on any atom is -0.305 e. The first-order chi connectivity index (χ1) is 7.31. The largest absolute Gasteiger partial charge is 0.305 e. The average molecular weight is 209 g/mol. The molecule has 0 aliphatic carbocycles. The van der Waals surface area contributed by atoms with Gasteiger partial charge in [0.05, 0.1) is 0 Å². The number of hydrogen-bond donors (Lipinski definition) is 1. The third-order valence-electron chi connectivity index (χ3n) is 2.80. The van der Waals surface area contributed by atoms with E-state index < -0.39 is 0 Å². The van der Waals surface area contributed by atoms with Crippen LogP contribution in [-0.4, -0.2) is 5.71 Å². The third-order valence-corrected chi connectivity index (χ3v) is 2.80. The summed E-state index contributed by atoms with van der Waals surface area (Å²) in [5.74, 6) is 0. The summed E-state index contributed by atoms with van der Waals surface area (Å²) in [6.07, 6.45) is 14.7. The average Bonchev–Trinajstić information content (AvgIpc) is 2.26. The van der Waals surface area contributed by atoms with Crippen LogP contribution in [0.3, 0.4) is 0 Å². The van der Waals surface area contributed by atoms with Crippen LogP contribution in [0.4, 0.5) is 0 Å². The van der Waals surface area contributed by atoms with Crippen LogP contribution in [0.1, 0.15) is 71.1 Å². The van der Waals surface area contributed by atoms with Crippen molar-refractivity contribution < 1.29 is 0 Å². The van der Waals surface area contributed by atoms with E-state index in [1.807, 2.05) is 0 Å². The van der Waals surface area contributed by atoms with Crippen molar-refractivity contribution in [1.82, 2.24) is 0 Å². The molecule has 1 N–H and O–H groups in total. The van der Waals surface area contributed by atoms with E-state index in [-0.39, 0.29) is 0 Å². The van der Waals surface area contributed by atoms with Crippen LogP contribution in [0.25, 0.3) is 0 Å². The van der Waals surface area contributed by atoms with Gasteiger partial charge in [0.15, 0.2) is 0 Å². The van der Waals surface area contributed by atoms with Gasteiger partial charge < -0.3 is 5.41 Å². The van der Waals surface area contributed by atoms with Crippen LogP contribution in [0.2, 0.25) is 0 Å². The molecule has 0 fully saturated rings. The van der Waals surface area contributed by atoms with E-state index in [1.54, 1.807) is 6.08 Å². The molecule has 0 saturated heterocycles. The number of nitrogens with one attached hydrogen (secondary N) is 1. The zero-order valence-corrected chi connectivity index (χ0v) is 10.4. The summed E-state index contributed by atoms with van der Waals surface area (Å²) >= 11 is 0. The highest BCUT2D eigenvalue weighted by Crippen LogP contribution is 2.10. The Kier molecular flexibility index (Phi) is 11.0. The molecule has 88 valence electrons. The first-order valence-electron chi connectivity index (χ1n) is 6.51. The molecular weight excluding hydrogens is 182 g/mol. The summed E-state index contributed by atoms with van der Waals surface area (Å²) in [5.41, 5.74) is 0.693. The standard InChI is InChI=1S/C14H27N/c1-3-5-6-7-8-9-10-11-12-13-14(15)4-2/h4,15H,2-3,5-13H2,1H3. The van der Waals surface area contributed by atoms with Crippen molar-refractivity contribution in [1.29, 1.82) is 5.41 Å². The fourth-order valence-corrected chi connectivity index (χ4v) is 1.73. The molecule has 0 bridgehead atoms. The summed E-state index contributed by atoms with van der Waals surface area (Å²) in [6.45, 7) is 5.85. The van der Waals surface area contributed by atoms with Gasteiger partial charge in [-0.1, -0.05) is 64.9 Å². The maximum absolute atomic E-state index is 7.41. The second kappa shape index (κ2) is 11.5. The first kappa shape index (κ1) is 14.4. The second-order valence-electron chi connectivity index (χ2n) is 4.31. The van der Waals surface area contributed by atoms with E-state index in [9.17, 15) is 0 Å². The quantitative estimate of drug-likeness (QED) is 0.361. The summed E-state index contributed by atoms with van der Waals surface area (Å²) in [4.78, 5) is 0. The predicted molar refractivity (Wildman–Crippen MR) is 69.8 cm³/mol. The molecule has 0 spiro atoms. The van der Waals surface area contributed by atoms with Gasteiger partial charge in [0.2, 0.25) is 0 Å². The minimum absolute atomic E-state index is 0.693. The summed E-state index contributed by atoms with van der Waals surface area (Å²) in [7, 11) is 0. The van der Waals surface area contributed by atoms with Crippen LogP contribution in [0, 0.1) is 5.41 Å². The molecule has 0 unspecified atom stereocenters. The van der Waals surface area contributed by atoms with Gasteiger partial charge in [0.1, 0.15) is 0 Å². The third kappa shape index (κ3) is 11.3. The molecule has 0 aromatic carbocycles. The van der Waals surface area contributed by atoms with E-state index >= 15 is 0 Å². The van der Waals surface area contributed by atoms with Crippen LogP contribution >= 0.6 is 0 Å². The van der Waals surface area contributed by atoms with E-state index in [2.05, 4.69) is 13.5 Å². The maximum atomic E-state index is 7.41. The summed E-state index contributed by atoms with van der Waals surface area (Å²) < 4.78 is 0. The van der Waals surface area contributed by atoms with Crippen molar-refractivity contribution in [3.63, 3.8) is 0 Å². The van der Waals surface area contributed by atoms with Gasteiger partial charge in [-0.2, -0.15) is 0 Å². The van der Waals surface area contributed by atoms with Crippen molar-refractivity contribution >= 4 is 5.71 Å². The number of allylic oxidation sites excluding steroid dienone is 1. The summed E-state index contributed by atoms with van der Waals surface area (Å²) in [5, 5.41) is 7.41. The van der Waals surface area contributed by atoms with Gasteiger partial charge in [-0.25, -0.2) is 0 Å². The summed E-state index contributed by atoms with van der Waals surface area (Å²) in [6, 6.07) is 0. The minimum atomic E-state index is 0.693. The Morgan fingerprint density at radius 1 is 0.933 bits per heavy atom. The van der Waals surface area contributed by atoms with E-state index in [0.29, 0.717) is 5.71 Å². The molecule has 0 aromatic rings. The molecule has 0 aliphatic rings. The van der Waals surface area contributed by atoms with E-state index in [4.69, 9.17) is 5.41 Å². The Bertz CT molecular complexity index is 161. The number of hydrogen-bond acceptors (Lipinski definition) is 1. The SMILES string of the molecule is C=CC(=N)CCCCCCCCCCC. The van der Waals surface area contributed by atoms with Gasteiger partial charge >= 0.3 is 0 Å². The Balaban J connectivity index is 2.98. The van der Waals surface area contributed by atoms with Crippen LogP contribution in [0.15, 0.2) is 12.7 Å². The molecule has 0 heterocycles. The molecule has 0 aliphatic heterocycles. The van der Waals surface area contributed by atoms with Crippen molar-refractivity contribution in [2.75, 3.05) is 0 Å². The Labute approximate surface area is 95.5 Å². The van der Waals surface area contributed by atoms with Crippen molar-refractivity contribution in [3.05, 3.63) is 12.7 Å². The van der Waals surface area contributed by atoms with E-state index in [1.165, 1.54) is 57.8 Å². The fourth-order valence-electron chi connectivity index (χ4n) is 1.73. The lowest BCUT2D eigenvalue weighted by Gasteiger charge is -2.01. The van der Waals surface area contributed by atoms with Gasteiger partial charge in [-0.05, 0) is 18.9 Å². The zero-order valence-electron chi connectivity index (χ0n) is 10.4. The Hall–Kier alpha value is -0.590. The highest BCUT2D eigenvalue weighted by Gasteiger charge is 1.93. The highest BCUT2D eigenvalue weighted by molar-refractivity contribution is 5.91. The molecule has 0 rings (SSSR count). The number of unbranched alkanes of at least 4 members (excludes halogenated alkanes) is 8. The maximum Gasteiger partial charge on any atom is 0.0308 e. The van der Waals surface area contributed by atoms with Gasteiger partial charge in [-0.15, -0.1) is 0 Å². The van der Waals surface area contributed by atoms with Crippen molar-refractivity contribution in [3.8, 4) is 0 Å². The van der Waals surface area contributed by atoms with E-state index in [0.717, 1.165) is 6.42 Å². The highest BCUT2D eigenvalue weighted by atomic mass is 14.4. The van der Waals surface area contributed by atoms with Crippen LogP contribution < -0.4 is 0 Å². The lowest BCUT2D eigenvalue weighted by Crippen LogP contribution is -1.90. The second-order valence-corrected chi connectivity index (χ2v) is 4.31. The smallest absolute Gasteiger partial charge is 0.0308 e. The van der Waals surface area contributed by atoms with Crippen LogP contribution in [-0.2, 0) is 0 Å². The van der Waals surface area contributed by atoms with Crippen LogP contribution in [0.5, 0.6) is 0 Å².